The van der Waals surface area contributed by atoms with Crippen molar-refractivity contribution >= 4 is 12.1 Å². The van der Waals surface area contributed by atoms with Crippen LogP contribution in [0.15, 0.2) is 0 Å². The predicted octanol–water partition coefficient (Wildman–Crippen LogP) is 2.59. The molecule has 0 radical (unpaired) electrons. The number of carbonyl (C=O) groups is 2. The highest BCUT2D eigenvalue weighted by Gasteiger charge is 2.58. The van der Waals surface area contributed by atoms with Crippen molar-refractivity contribution in [1.29, 1.82) is 0 Å². The number of ether oxygens (including phenoxy) is 2. The number of carbonyl (C=O) groups excluding carboxylic acids is 2. The van der Waals surface area contributed by atoms with Gasteiger partial charge in [-0.3, -0.25) is 4.90 Å². The lowest BCUT2D eigenvalue weighted by Crippen LogP contribution is -2.46. The summed E-state index contributed by atoms with van der Waals surface area (Å²) in [6.45, 7) is 8.59. The fourth-order valence-corrected chi connectivity index (χ4v) is 2.68. The molecule has 0 N–H and O–H groups in total. The van der Waals surface area contributed by atoms with E-state index in [0.29, 0.717) is 19.1 Å². The highest BCUT2D eigenvalue weighted by atomic mass is 16.6. The number of amides is 1. The highest BCUT2D eigenvalue weighted by molar-refractivity contribution is 5.83. The summed E-state index contributed by atoms with van der Waals surface area (Å²) in [6.07, 6.45) is 2.47. The fourth-order valence-electron chi connectivity index (χ4n) is 2.68. The molecule has 1 saturated carbocycles. The van der Waals surface area contributed by atoms with Gasteiger partial charge in [-0.05, 0) is 45.4 Å². The van der Waals surface area contributed by atoms with E-state index in [-0.39, 0.29) is 11.9 Å². The van der Waals surface area contributed by atoms with E-state index >= 15 is 0 Å². The van der Waals surface area contributed by atoms with Gasteiger partial charge in [-0.15, -0.1) is 0 Å². The summed E-state index contributed by atoms with van der Waals surface area (Å²) in [5.41, 5.74) is -0.541. The molecule has 114 valence electrons. The Morgan fingerprint density at radius 1 is 1.30 bits per heavy atom. The quantitative estimate of drug-likeness (QED) is 0.588. The van der Waals surface area contributed by atoms with Gasteiger partial charge in [-0.25, -0.2) is 9.59 Å². The van der Waals surface area contributed by atoms with Gasteiger partial charge in [0.05, 0.1) is 6.61 Å². The summed E-state index contributed by atoms with van der Waals surface area (Å²) >= 11 is 0. The van der Waals surface area contributed by atoms with Crippen LogP contribution in [0, 0.1) is 11.8 Å². The number of fused-ring (bicyclic) bond motifs is 1. The van der Waals surface area contributed by atoms with Crippen molar-refractivity contribution in [2.75, 3.05) is 13.2 Å². The maximum atomic E-state index is 12.2. The van der Waals surface area contributed by atoms with Gasteiger partial charge in [0.1, 0.15) is 11.6 Å². The molecule has 1 aliphatic carbocycles. The molecule has 0 unspecified atom stereocenters. The normalized spacial score (nSPS) is 28.0. The van der Waals surface area contributed by atoms with Gasteiger partial charge in [0.2, 0.25) is 0 Å². The topological polar surface area (TPSA) is 55.8 Å². The molecule has 20 heavy (non-hydrogen) atoms. The lowest BCUT2D eigenvalue weighted by atomic mass is 10.2. The Kier molecular flexibility index (Phi) is 4.25. The first-order valence-corrected chi connectivity index (χ1v) is 7.49. The Hall–Kier alpha value is -1.26. The fraction of sp³-hybridized carbons (Fsp3) is 0.867. The van der Waals surface area contributed by atoms with E-state index in [1.54, 1.807) is 4.90 Å². The van der Waals surface area contributed by atoms with Crippen molar-refractivity contribution in [2.24, 2.45) is 11.8 Å². The molecule has 1 heterocycles. The van der Waals surface area contributed by atoms with Crippen molar-refractivity contribution in [3.05, 3.63) is 0 Å². The minimum atomic E-state index is -0.541. The van der Waals surface area contributed by atoms with Crippen molar-refractivity contribution in [2.45, 2.75) is 58.6 Å². The highest BCUT2D eigenvalue weighted by Crippen LogP contribution is 2.50. The summed E-state index contributed by atoms with van der Waals surface area (Å²) in [4.78, 5) is 25.9. The maximum absolute atomic E-state index is 12.2. The number of hydrogen-bond donors (Lipinski definition) is 0. The van der Waals surface area contributed by atoms with E-state index in [1.165, 1.54) is 0 Å². The van der Waals surface area contributed by atoms with Gasteiger partial charge in [0.25, 0.3) is 0 Å². The van der Waals surface area contributed by atoms with E-state index < -0.39 is 17.7 Å². The molecule has 5 nitrogen and oxygen atoms in total. The Morgan fingerprint density at radius 2 is 2.00 bits per heavy atom. The zero-order valence-corrected chi connectivity index (χ0v) is 12.8. The standard InChI is InChI=1S/C15H25NO4/c1-5-6-7-19-13(17)12-11-8-10(11)9-16(12)14(18)20-15(2,3)4/h10-12H,5-9H2,1-4H3/t10-,11-,12+/m0/s1. The van der Waals surface area contributed by atoms with Gasteiger partial charge in [0, 0.05) is 6.54 Å². The van der Waals surface area contributed by atoms with E-state index in [2.05, 4.69) is 0 Å². The molecule has 0 bridgehead atoms. The molecule has 2 rings (SSSR count). The van der Waals surface area contributed by atoms with Gasteiger partial charge in [-0.1, -0.05) is 13.3 Å². The Bertz CT molecular complexity index is 388. The molecular weight excluding hydrogens is 258 g/mol. The third kappa shape index (κ3) is 3.44. The third-order valence-electron chi connectivity index (χ3n) is 3.76. The molecule has 2 fully saturated rings. The molecule has 2 aliphatic rings. The smallest absolute Gasteiger partial charge is 0.411 e. The first-order valence-electron chi connectivity index (χ1n) is 7.49. The van der Waals surface area contributed by atoms with Crippen LogP contribution in [0.5, 0.6) is 0 Å². The first-order chi connectivity index (χ1) is 9.33. The van der Waals surface area contributed by atoms with Crippen LogP contribution in [0.3, 0.4) is 0 Å². The van der Waals surface area contributed by atoms with Gasteiger partial charge in [0.15, 0.2) is 0 Å². The number of nitrogens with zero attached hydrogens (tertiary/aromatic N) is 1. The summed E-state index contributed by atoms with van der Waals surface area (Å²) in [7, 11) is 0. The second-order valence-electron chi connectivity index (χ2n) is 6.76. The second-order valence-corrected chi connectivity index (χ2v) is 6.76. The molecule has 0 aromatic carbocycles. The molecule has 3 atom stereocenters. The Balaban J connectivity index is 1.95. The lowest BCUT2D eigenvalue weighted by molar-refractivity contribution is -0.149. The Labute approximate surface area is 120 Å². The van der Waals surface area contributed by atoms with E-state index in [4.69, 9.17) is 9.47 Å². The molecule has 0 aromatic heterocycles. The lowest BCUT2D eigenvalue weighted by Gasteiger charge is -2.29. The monoisotopic (exact) mass is 283 g/mol. The number of rotatable bonds is 4. The average Bonchev–Trinajstić information content (AvgIpc) is 2.98. The van der Waals surface area contributed by atoms with E-state index in [9.17, 15) is 9.59 Å². The second kappa shape index (κ2) is 5.62. The zero-order chi connectivity index (χ0) is 14.9. The summed E-state index contributed by atoms with van der Waals surface area (Å²) in [6, 6.07) is -0.438. The molecule has 1 amide bonds. The van der Waals surface area contributed by atoms with Gasteiger partial charge >= 0.3 is 12.1 Å². The predicted molar refractivity (Wildman–Crippen MR) is 74.2 cm³/mol. The van der Waals surface area contributed by atoms with Crippen LogP contribution < -0.4 is 0 Å². The number of hydrogen-bond acceptors (Lipinski definition) is 4. The number of piperidine rings is 1. The van der Waals surface area contributed by atoms with Crippen LogP contribution in [0.25, 0.3) is 0 Å². The van der Waals surface area contributed by atoms with Crippen molar-refractivity contribution in [1.82, 2.24) is 4.90 Å². The largest absolute Gasteiger partial charge is 0.464 e. The van der Waals surface area contributed by atoms with Gasteiger partial charge in [-0.2, -0.15) is 0 Å². The molecule has 0 aromatic rings. The Morgan fingerprint density at radius 3 is 2.60 bits per heavy atom. The minimum absolute atomic E-state index is 0.269. The summed E-state index contributed by atoms with van der Waals surface area (Å²) in [5.74, 6) is 0.456. The minimum Gasteiger partial charge on any atom is -0.464 e. The molecule has 0 spiro atoms. The maximum Gasteiger partial charge on any atom is 0.411 e. The van der Waals surface area contributed by atoms with Crippen molar-refractivity contribution < 1.29 is 19.1 Å². The molecule has 1 saturated heterocycles. The molecule has 5 heteroatoms. The van der Waals surface area contributed by atoms with Crippen LogP contribution in [0.1, 0.15) is 47.0 Å². The average molecular weight is 283 g/mol. The zero-order valence-electron chi connectivity index (χ0n) is 12.8. The number of likely N-dealkylation sites (tertiary alicyclic amines) is 1. The summed E-state index contributed by atoms with van der Waals surface area (Å²) in [5, 5.41) is 0. The SMILES string of the molecule is CCCCOC(=O)[C@H]1[C@H]2C[C@H]2CN1C(=O)OC(C)(C)C. The first kappa shape index (κ1) is 15.1. The van der Waals surface area contributed by atoms with Crippen LogP contribution in [-0.2, 0) is 14.3 Å². The van der Waals surface area contributed by atoms with Crippen LogP contribution in [-0.4, -0.2) is 41.8 Å². The third-order valence-corrected chi connectivity index (χ3v) is 3.76. The van der Waals surface area contributed by atoms with E-state index in [0.717, 1.165) is 19.3 Å². The number of unbranched alkanes of at least 4 members (excludes halogenated alkanes) is 1. The summed E-state index contributed by atoms with van der Waals surface area (Å²) < 4.78 is 10.7. The van der Waals surface area contributed by atoms with E-state index in [1.807, 2.05) is 27.7 Å². The van der Waals surface area contributed by atoms with Crippen molar-refractivity contribution in [3.8, 4) is 0 Å². The van der Waals surface area contributed by atoms with Crippen LogP contribution >= 0.6 is 0 Å². The molecular formula is C15H25NO4. The van der Waals surface area contributed by atoms with Crippen LogP contribution in [0.4, 0.5) is 4.79 Å². The molecule has 1 aliphatic heterocycles. The van der Waals surface area contributed by atoms with Crippen LogP contribution in [0.2, 0.25) is 0 Å². The van der Waals surface area contributed by atoms with Crippen molar-refractivity contribution in [3.63, 3.8) is 0 Å². The number of esters is 1. The van der Waals surface area contributed by atoms with Gasteiger partial charge < -0.3 is 9.47 Å².